The van der Waals surface area contributed by atoms with Gasteiger partial charge >= 0.3 is 10.2 Å². The number of rotatable bonds is 13. The third kappa shape index (κ3) is 8.08. The molecule has 15 heteroatoms. The van der Waals surface area contributed by atoms with E-state index in [0.717, 1.165) is 83.6 Å². The number of likely N-dealkylation sites (tertiary alicyclic amines) is 2. The quantitative estimate of drug-likeness (QED) is 0.195. The number of piperidine rings is 2. The van der Waals surface area contributed by atoms with Crippen LogP contribution < -0.4 is 20.7 Å². The number of fused-ring (bicyclic) bond motifs is 1. The Labute approximate surface area is 365 Å². The van der Waals surface area contributed by atoms with Crippen LogP contribution in [0.1, 0.15) is 151 Å². The third-order valence-electron chi connectivity index (χ3n) is 16.9. The lowest BCUT2D eigenvalue weighted by Gasteiger charge is -2.40. The standard InChI is InChI=1S/C46H75N7O7S/c1-9-32-27-46(32,41(58)50-61(59,60)51-24-15-11-16-25-51)49-38(55)34-28-45(43(7,8)44(45)22-18-23-44)29-53(34)40(57)36(42(4,5)6)48-39(56)35(31-19-12-10-13-20-31)47-37(54)33-21-14-17-26-52(33)30(2)3/h9,30-36H,1,10-29H2,2-8H3,(H,47,54)(H,48,56)(H,49,55)(H,50,58)/t32-,33+,34+,35+,36-,45-,46-/m1/s1. The van der Waals surface area contributed by atoms with Gasteiger partial charge in [0.15, 0.2) is 0 Å². The van der Waals surface area contributed by atoms with Crippen molar-refractivity contribution < 1.29 is 32.4 Å². The molecule has 4 N–H and O–H groups in total. The first-order chi connectivity index (χ1) is 28.7. The van der Waals surface area contributed by atoms with Gasteiger partial charge in [0.1, 0.15) is 23.7 Å². The Morgan fingerprint density at radius 3 is 1.95 bits per heavy atom. The molecule has 0 bridgehead atoms. The summed E-state index contributed by atoms with van der Waals surface area (Å²) in [6, 6.07) is -2.93. The Morgan fingerprint density at radius 1 is 0.770 bits per heavy atom. The van der Waals surface area contributed by atoms with Crippen molar-refractivity contribution in [1.82, 2.24) is 34.8 Å². The number of carbonyl (C=O) groups is 5. The summed E-state index contributed by atoms with van der Waals surface area (Å²) in [4.78, 5) is 76.8. The lowest BCUT2D eigenvalue weighted by atomic mass is 9.73. The van der Waals surface area contributed by atoms with Crippen LogP contribution in [0, 0.1) is 33.5 Å². The summed E-state index contributed by atoms with van der Waals surface area (Å²) in [6.07, 6.45) is 14.9. The van der Waals surface area contributed by atoms with Crippen molar-refractivity contribution in [2.45, 2.75) is 187 Å². The molecule has 0 aromatic heterocycles. The lowest BCUT2D eigenvalue weighted by molar-refractivity contribution is -0.145. The van der Waals surface area contributed by atoms with E-state index in [9.17, 15) is 27.6 Å². The van der Waals surface area contributed by atoms with Gasteiger partial charge in [-0.05, 0) is 107 Å². The Kier molecular flexibility index (Phi) is 12.7. The molecule has 3 saturated heterocycles. The molecule has 2 spiro atoms. The molecule has 0 radical (unpaired) electrons. The summed E-state index contributed by atoms with van der Waals surface area (Å²) in [5.74, 6) is -2.76. The zero-order valence-corrected chi connectivity index (χ0v) is 38.9. The van der Waals surface area contributed by atoms with Gasteiger partial charge in [-0.15, -0.1) is 6.58 Å². The van der Waals surface area contributed by atoms with Gasteiger partial charge in [0.25, 0.3) is 5.91 Å². The van der Waals surface area contributed by atoms with Crippen LogP contribution in [0.4, 0.5) is 0 Å². The molecule has 7 rings (SSSR count). The number of nitrogens with one attached hydrogen (secondary N) is 4. The van der Waals surface area contributed by atoms with E-state index >= 15 is 4.79 Å². The smallest absolute Gasteiger partial charge is 0.303 e. The molecule has 4 aliphatic carbocycles. The third-order valence-corrected chi connectivity index (χ3v) is 18.4. The molecule has 5 amide bonds. The fourth-order valence-corrected chi connectivity index (χ4v) is 14.1. The van der Waals surface area contributed by atoms with Crippen molar-refractivity contribution in [3.05, 3.63) is 12.7 Å². The van der Waals surface area contributed by atoms with Crippen LogP contribution in [0.2, 0.25) is 0 Å². The van der Waals surface area contributed by atoms with Gasteiger partial charge in [-0.2, -0.15) is 12.7 Å². The first-order valence-corrected chi connectivity index (χ1v) is 25.0. The highest BCUT2D eigenvalue weighted by molar-refractivity contribution is 7.87. The van der Waals surface area contributed by atoms with Crippen molar-refractivity contribution in [1.29, 1.82) is 0 Å². The molecule has 14 nitrogen and oxygen atoms in total. The Balaban J connectivity index is 1.15. The zero-order chi connectivity index (χ0) is 44.3. The average Bonchev–Trinajstić information content (AvgIpc) is 3.93. The van der Waals surface area contributed by atoms with Crippen molar-refractivity contribution >= 4 is 39.7 Å². The number of carbonyl (C=O) groups excluding carboxylic acids is 5. The van der Waals surface area contributed by atoms with Gasteiger partial charge in [0.2, 0.25) is 23.6 Å². The number of hydrogen-bond donors (Lipinski definition) is 4. The van der Waals surface area contributed by atoms with E-state index in [4.69, 9.17) is 0 Å². The second kappa shape index (κ2) is 16.8. The van der Waals surface area contributed by atoms with E-state index in [-0.39, 0.29) is 58.4 Å². The second-order valence-corrected chi connectivity index (χ2v) is 23.4. The van der Waals surface area contributed by atoms with E-state index in [1.54, 1.807) is 11.0 Å². The molecular weight excluding hydrogens is 795 g/mol. The van der Waals surface area contributed by atoms with E-state index in [1.165, 1.54) is 4.31 Å². The summed E-state index contributed by atoms with van der Waals surface area (Å²) < 4.78 is 30.3. The topological polar surface area (TPSA) is 177 Å². The Hall–Kier alpha value is -3.04. The van der Waals surface area contributed by atoms with Crippen LogP contribution in [0.3, 0.4) is 0 Å². The molecule has 0 unspecified atom stereocenters. The molecule has 4 saturated carbocycles. The van der Waals surface area contributed by atoms with Crippen molar-refractivity contribution in [2.75, 3.05) is 26.2 Å². The van der Waals surface area contributed by atoms with Gasteiger partial charge in [0, 0.05) is 37.0 Å². The highest BCUT2D eigenvalue weighted by atomic mass is 32.2. The van der Waals surface area contributed by atoms with Crippen LogP contribution in [-0.4, -0.2) is 114 Å². The van der Waals surface area contributed by atoms with Crippen LogP contribution in [-0.2, 0) is 34.2 Å². The van der Waals surface area contributed by atoms with Crippen molar-refractivity contribution in [3.8, 4) is 0 Å². The molecule has 0 aromatic carbocycles. The SMILES string of the molecule is C=C[C@@H]1C[C@]1(NC(=O)[C@@H]1C[C@@]2(CN1C(=O)[C@@H](NC(=O)[C@@H](NC(=O)[C@@H]1CCCCN1C(C)C)C1CCCCC1)C(C)(C)C)C(C)(C)C21CCC1)C(=O)NS(=O)(=O)N1CCCCC1. The molecular formula is C46H75N7O7S. The molecule has 7 fully saturated rings. The monoisotopic (exact) mass is 870 g/mol. The van der Waals surface area contributed by atoms with Gasteiger partial charge in [-0.25, -0.2) is 4.72 Å². The lowest BCUT2D eigenvalue weighted by Crippen LogP contribution is -2.63. The van der Waals surface area contributed by atoms with E-state index in [1.807, 2.05) is 20.8 Å². The van der Waals surface area contributed by atoms with Crippen LogP contribution in [0.25, 0.3) is 0 Å². The predicted octanol–water partition coefficient (Wildman–Crippen LogP) is 4.55. The summed E-state index contributed by atoms with van der Waals surface area (Å²) in [5.41, 5.74) is -2.80. The predicted molar refractivity (Wildman–Crippen MR) is 234 cm³/mol. The van der Waals surface area contributed by atoms with Gasteiger partial charge in [0.05, 0.1) is 6.04 Å². The number of hydrogen-bond acceptors (Lipinski definition) is 8. The average molecular weight is 870 g/mol. The van der Waals surface area contributed by atoms with Crippen molar-refractivity contribution in [2.24, 2.45) is 33.5 Å². The fourth-order valence-electron chi connectivity index (χ4n) is 12.8. The maximum atomic E-state index is 15.3. The van der Waals surface area contributed by atoms with E-state index < -0.39 is 57.0 Å². The maximum Gasteiger partial charge on any atom is 0.303 e. The molecule has 61 heavy (non-hydrogen) atoms. The normalized spacial score (nSPS) is 32.4. The molecule has 3 aliphatic heterocycles. The minimum Gasteiger partial charge on any atom is -0.343 e. The van der Waals surface area contributed by atoms with Gasteiger partial charge in [-0.3, -0.25) is 28.9 Å². The molecule has 3 heterocycles. The Morgan fingerprint density at radius 2 is 1.39 bits per heavy atom. The number of nitrogens with zero attached hydrogens (tertiary/aromatic N) is 3. The zero-order valence-electron chi connectivity index (χ0n) is 38.1. The van der Waals surface area contributed by atoms with Crippen molar-refractivity contribution in [3.63, 3.8) is 0 Å². The first kappa shape index (κ1) is 46.0. The van der Waals surface area contributed by atoms with Crippen LogP contribution in [0.5, 0.6) is 0 Å². The molecule has 342 valence electrons. The maximum absolute atomic E-state index is 15.3. The largest absolute Gasteiger partial charge is 0.343 e. The van der Waals surface area contributed by atoms with Crippen LogP contribution in [0.15, 0.2) is 12.7 Å². The van der Waals surface area contributed by atoms with E-state index in [0.29, 0.717) is 38.9 Å². The highest BCUT2D eigenvalue weighted by Crippen LogP contribution is 2.88. The van der Waals surface area contributed by atoms with Gasteiger partial charge < -0.3 is 20.9 Å². The fraction of sp³-hybridized carbons (Fsp3) is 0.848. The minimum absolute atomic E-state index is 0.0196. The summed E-state index contributed by atoms with van der Waals surface area (Å²) >= 11 is 0. The minimum atomic E-state index is -4.13. The Bertz CT molecular complexity index is 1850. The summed E-state index contributed by atoms with van der Waals surface area (Å²) in [7, 11) is -4.13. The highest BCUT2D eigenvalue weighted by Gasteiger charge is 2.85. The van der Waals surface area contributed by atoms with Crippen LogP contribution >= 0.6 is 0 Å². The first-order valence-electron chi connectivity index (χ1n) is 23.6. The van der Waals surface area contributed by atoms with Gasteiger partial charge in [-0.1, -0.05) is 79.2 Å². The second-order valence-electron chi connectivity index (χ2n) is 21.8. The van der Waals surface area contributed by atoms with E-state index in [2.05, 4.69) is 59.8 Å². The number of amides is 5. The summed E-state index contributed by atoms with van der Waals surface area (Å²) in [5, 5.41) is 9.36. The molecule has 7 aliphatic rings. The summed E-state index contributed by atoms with van der Waals surface area (Å²) in [6.45, 7) is 20.1. The molecule has 7 atom stereocenters. The molecule has 0 aromatic rings.